The quantitative estimate of drug-likeness (QED) is 0.925. The van der Waals surface area contributed by atoms with E-state index in [0.717, 1.165) is 24.5 Å². The van der Waals surface area contributed by atoms with E-state index in [4.69, 9.17) is 9.47 Å². The number of rotatable bonds is 4. The lowest BCUT2D eigenvalue weighted by molar-refractivity contribution is -0.140. The maximum Gasteiger partial charge on any atom is 0.267 e. The molecule has 24 heavy (non-hydrogen) atoms. The van der Waals surface area contributed by atoms with Crippen LogP contribution in [0.2, 0.25) is 0 Å². The van der Waals surface area contributed by atoms with Crippen molar-refractivity contribution in [2.45, 2.75) is 44.9 Å². The van der Waals surface area contributed by atoms with Gasteiger partial charge in [-0.25, -0.2) is 0 Å². The van der Waals surface area contributed by atoms with Gasteiger partial charge in [-0.3, -0.25) is 4.79 Å². The number of carbonyl (C=O) groups excluding carboxylic acids is 1. The molecule has 1 atom stereocenters. The predicted octanol–water partition coefficient (Wildman–Crippen LogP) is 1.77. The molecule has 126 valence electrons. The number of amides is 1. The fourth-order valence-electron chi connectivity index (χ4n) is 2.94. The van der Waals surface area contributed by atoms with Crippen LogP contribution >= 0.6 is 0 Å². The Labute approximate surface area is 140 Å². The predicted molar refractivity (Wildman–Crippen MR) is 85.8 cm³/mol. The minimum absolute atomic E-state index is 0.171. The second kappa shape index (κ2) is 5.51. The zero-order valence-corrected chi connectivity index (χ0v) is 13.8. The first kappa shape index (κ1) is 15.0. The Morgan fingerprint density at radius 3 is 2.83 bits per heavy atom. The van der Waals surface area contributed by atoms with Gasteiger partial charge < -0.3 is 19.4 Å². The number of carbonyl (C=O) groups is 1. The maximum atomic E-state index is 12.6. The molecule has 7 nitrogen and oxygen atoms in total. The van der Waals surface area contributed by atoms with Crippen LogP contribution in [0.3, 0.4) is 0 Å². The van der Waals surface area contributed by atoms with Crippen molar-refractivity contribution in [1.82, 2.24) is 20.1 Å². The average Bonchev–Trinajstić information content (AvgIpc) is 3.35. The molecule has 1 saturated carbocycles. The third-order valence-electron chi connectivity index (χ3n) is 4.42. The van der Waals surface area contributed by atoms with Crippen molar-refractivity contribution in [1.29, 1.82) is 0 Å². The Balaban J connectivity index is 1.45. The lowest BCUT2D eigenvalue weighted by Gasteiger charge is -2.34. The summed E-state index contributed by atoms with van der Waals surface area (Å²) in [5, 5.41) is 11.2. The smallest absolute Gasteiger partial charge is 0.267 e. The van der Waals surface area contributed by atoms with Gasteiger partial charge in [-0.1, -0.05) is 12.1 Å². The Morgan fingerprint density at radius 1 is 1.33 bits per heavy atom. The molecule has 1 unspecified atom stereocenters. The van der Waals surface area contributed by atoms with E-state index in [0.29, 0.717) is 24.1 Å². The minimum atomic E-state index is -1.06. The van der Waals surface area contributed by atoms with E-state index in [9.17, 15) is 4.79 Å². The molecule has 1 aromatic heterocycles. The topological polar surface area (TPSA) is 78.3 Å². The highest BCUT2D eigenvalue weighted by Crippen LogP contribution is 2.37. The Hall–Kier alpha value is -2.57. The van der Waals surface area contributed by atoms with Crippen molar-refractivity contribution >= 4 is 5.91 Å². The number of hydrogen-bond acceptors (Lipinski definition) is 5. The zero-order chi connectivity index (χ0) is 16.7. The van der Waals surface area contributed by atoms with E-state index >= 15 is 0 Å². The average molecular weight is 328 g/mol. The summed E-state index contributed by atoms with van der Waals surface area (Å²) in [6.45, 7) is 4.17. The summed E-state index contributed by atoms with van der Waals surface area (Å²) in [7, 11) is 0. The van der Waals surface area contributed by atoms with Crippen LogP contribution in [0.25, 0.3) is 0 Å². The summed E-state index contributed by atoms with van der Waals surface area (Å²) >= 11 is 0. The fourth-order valence-corrected chi connectivity index (χ4v) is 2.94. The zero-order valence-electron chi connectivity index (χ0n) is 13.8. The molecule has 1 amide bonds. The molecule has 1 N–H and O–H groups in total. The highest BCUT2D eigenvalue weighted by Gasteiger charge is 2.40. The molecule has 1 aliphatic carbocycles. The Kier molecular flexibility index (Phi) is 3.44. The van der Waals surface area contributed by atoms with Gasteiger partial charge in [0.2, 0.25) is 5.60 Å². The molecule has 2 aromatic rings. The van der Waals surface area contributed by atoms with E-state index in [1.807, 2.05) is 25.1 Å². The van der Waals surface area contributed by atoms with Crippen molar-refractivity contribution in [2.75, 3.05) is 6.61 Å². The maximum absolute atomic E-state index is 12.6. The van der Waals surface area contributed by atoms with Crippen LogP contribution < -0.4 is 14.8 Å². The standard InChI is InChI=1S/C17H20N4O3/c1-11-19-20-15(21(11)12-7-8-12)9-18-16(22)17(2)10-23-13-5-3-4-6-14(13)24-17/h3-6,12H,7-10H2,1-2H3,(H,18,22). The highest BCUT2D eigenvalue weighted by molar-refractivity contribution is 5.85. The summed E-state index contributed by atoms with van der Waals surface area (Å²) in [6, 6.07) is 7.83. The number of hydrogen-bond donors (Lipinski definition) is 1. The van der Waals surface area contributed by atoms with Crippen LogP contribution in [-0.2, 0) is 11.3 Å². The Bertz CT molecular complexity index is 784. The highest BCUT2D eigenvalue weighted by atomic mass is 16.6. The lowest BCUT2D eigenvalue weighted by Crippen LogP contribution is -2.54. The van der Waals surface area contributed by atoms with Gasteiger partial charge in [0.05, 0.1) is 6.54 Å². The van der Waals surface area contributed by atoms with Crippen molar-refractivity contribution in [2.24, 2.45) is 0 Å². The van der Waals surface area contributed by atoms with Crippen molar-refractivity contribution < 1.29 is 14.3 Å². The molecule has 1 fully saturated rings. The summed E-state index contributed by atoms with van der Waals surface area (Å²) in [4.78, 5) is 12.6. The third-order valence-corrected chi connectivity index (χ3v) is 4.42. The van der Waals surface area contributed by atoms with E-state index in [1.165, 1.54) is 0 Å². The Morgan fingerprint density at radius 2 is 2.08 bits per heavy atom. The first-order valence-electron chi connectivity index (χ1n) is 8.16. The summed E-state index contributed by atoms with van der Waals surface area (Å²) < 4.78 is 13.7. The second-order valence-electron chi connectivity index (χ2n) is 6.52. The van der Waals surface area contributed by atoms with E-state index in [2.05, 4.69) is 20.1 Å². The number of nitrogens with one attached hydrogen (secondary N) is 1. The van der Waals surface area contributed by atoms with Crippen LogP contribution in [0.15, 0.2) is 24.3 Å². The van der Waals surface area contributed by atoms with Crippen LogP contribution in [-0.4, -0.2) is 32.9 Å². The van der Waals surface area contributed by atoms with E-state index in [-0.39, 0.29) is 12.5 Å². The van der Waals surface area contributed by atoms with Gasteiger partial charge in [-0.2, -0.15) is 0 Å². The first-order chi connectivity index (χ1) is 11.6. The monoisotopic (exact) mass is 328 g/mol. The molecule has 2 heterocycles. The number of ether oxygens (including phenoxy) is 2. The van der Waals surface area contributed by atoms with Gasteiger partial charge in [-0.05, 0) is 38.8 Å². The minimum Gasteiger partial charge on any atom is -0.485 e. The number of aryl methyl sites for hydroxylation is 1. The van der Waals surface area contributed by atoms with Gasteiger partial charge in [0, 0.05) is 6.04 Å². The largest absolute Gasteiger partial charge is 0.485 e. The van der Waals surface area contributed by atoms with Gasteiger partial charge in [0.25, 0.3) is 5.91 Å². The number of benzene rings is 1. The summed E-state index contributed by atoms with van der Waals surface area (Å²) in [5.74, 6) is 2.69. The van der Waals surface area contributed by atoms with Gasteiger partial charge in [-0.15, -0.1) is 10.2 Å². The van der Waals surface area contributed by atoms with Crippen LogP contribution in [0.5, 0.6) is 11.5 Å². The first-order valence-corrected chi connectivity index (χ1v) is 8.16. The molecule has 0 saturated heterocycles. The lowest BCUT2D eigenvalue weighted by atomic mass is 10.1. The van der Waals surface area contributed by atoms with Crippen LogP contribution in [0.1, 0.15) is 37.5 Å². The third kappa shape index (κ3) is 2.60. The molecular weight excluding hydrogens is 308 g/mol. The fraction of sp³-hybridized carbons (Fsp3) is 0.471. The SMILES string of the molecule is Cc1nnc(CNC(=O)C2(C)COc3ccccc3O2)n1C1CC1. The van der Waals surface area contributed by atoms with Crippen molar-refractivity contribution in [3.05, 3.63) is 35.9 Å². The van der Waals surface area contributed by atoms with Crippen molar-refractivity contribution in [3.63, 3.8) is 0 Å². The van der Waals surface area contributed by atoms with Crippen molar-refractivity contribution in [3.8, 4) is 11.5 Å². The summed E-state index contributed by atoms with van der Waals surface area (Å²) in [5.41, 5.74) is -1.06. The molecule has 1 aromatic carbocycles. The van der Waals surface area contributed by atoms with Crippen LogP contribution in [0, 0.1) is 6.92 Å². The van der Waals surface area contributed by atoms with E-state index in [1.54, 1.807) is 13.0 Å². The summed E-state index contributed by atoms with van der Waals surface area (Å²) in [6.07, 6.45) is 2.29. The molecule has 2 aliphatic rings. The molecule has 0 radical (unpaired) electrons. The normalized spacial score (nSPS) is 22.2. The van der Waals surface area contributed by atoms with Crippen LogP contribution in [0.4, 0.5) is 0 Å². The number of fused-ring (bicyclic) bond motifs is 1. The van der Waals surface area contributed by atoms with Gasteiger partial charge >= 0.3 is 0 Å². The number of aromatic nitrogens is 3. The molecule has 0 spiro atoms. The number of nitrogens with zero attached hydrogens (tertiary/aromatic N) is 3. The number of para-hydroxylation sites is 2. The second-order valence-corrected chi connectivity index (χ2v) is 6.52. The molecule has 1 aliphatic heterocycles. The van der Waals surface area contributed by atoms with Gasteiger partial charge in [0.15, 0.2) is 17.3 Å². The molecule has 0 bridgehead atoms. The molecular formula is C17H20N4O3. The molecule has 7 heteroatoms. The molecule has 4 rings (SSSR count). The van der Waals surface area contributed by atoms with E-state index < -0.39 is 5.60 Å². The van der Waals surface area contributed by atoms with Gasteiger partial charge in [0.1, 0.15) is 12.4 Å².